The predicted molar refractivity (Wildman–Crippen MR) is 106 cm³/mol. The van der Waals surface area contributed by atoms with Crippen LogP contribution in [0.2, 0.25) is 0 Å². The van der Waals surface area contributed by atoms with E-state index in [1.54, 1.807) is 10.6 Å². The highest BCUT2D eigenvalue weighted by molar-refractivity contribution is 5.94. The van der Waals surface area contributed by atoms with Crippen LogP contribution in [0.1, 0.15) is 11.3 Å². The van der Waals surface area contributed by atoms with Crippen LogP contribution in [0.15, 0.2) is 36.8 Å². The van der Waals surface area contributed by atoms with Crippen LogP contribution in [-0.4, -0.2) is 44.3 Å². The number of alkyl halides is 2. The van der Waals surface area contributed by atoms with Gasteiger partial charge in [0.15, 0.2) is 0 Å². The average molecular weight is 410 g/mol. The molecule has 4 rings (SSSR count). The number of rotatable bonds is 7. The van der Waals surface area contributed by atoms with E-state index >= 15 is 0 Å². The third-order valence-electron chi connectivity index (χ3n) is 4.30. The highest BCUT2D eigenvalue weighted by Gasteiger charge is 2.12. The highest BCUT2D eigenvalue weighted by atomic mass is 19.3. The van der Waals surface area contributed by atoms with E-state index in [4.69, 9.17) is 0 Å². The van der Waals surface area contributed by atoms with Gasteiger partial charge in [0.1, 0.15) is 24.0 Å². The van der Waals surface area contributed by atoms with Crippen LogP contribution < -0.4 is 15.4 Å². The fourth-order valence-corrected chi connectivity index (χ4v) is 3.06. The van der Waals surface area contributed by atoms with Gasteiger partial charge in [-0.25, -0.2) is 4.98 Å². The van der Waals surface area contributed by atoms with E-state index in [1.165, 1.54) is 24.7 Å². The van der Waals surface area contributed by atoms with Crippen molar-refractivity contribution in [3.8, 4) is 11.8 Å². The van der Waals surface area contributed by atoms with Crippen molar-refractivity contribution >= 4 is 28.2 Å². The summed E-state index contributed by atoms with van der Waals surface area (Å²) in [4.78, 5) is 12.6. The van der Waals surface area contributed by atoms with E-state index in [-0.39, 0.29) is 5.75 Å². The molecule has 0 saturated heterocycles. The van der Waals surface area contributed by atoms with Gasteiger partial charge in [0.2, 0.25) is 0 Å². The minimum atomic E-state index is -2.94. The molecule has 2 N–H and O–H groups in total. The lowest BCUT2D eigenvalue weighted by Gasteiger charge is -2.14. The number of nitrogens with zero attached hydrogens (tertiary/aromatic N) is 6. The molecule has 0 amide bonds. The molecule has 0 aliphatic heterocycles. The van der Waals surface area contributed by atoms with Crippen molar-refractivity contribution in [1.82, 2.24) is 24.6 Å². The number of aryl methyl sites for hydroxylation is 1. The molecule has 0 bridgehead atoms. The average Bonchev–Trinajstić information content (AvgIpc) is 3.19. The normalized spacial score (nSPS) is 11.0. The molecule has 0 fully saturated rings. The van der Waals surface area contributed by atoms with Crippen LogP contribution in [0.5, 0.6) is 5.75 Å². The van der Waals surface area contributed by atoms with Crippen LogP contribution in [0.25, 0.3) is 16.7 Å². The summed E-state index contributed by atoms with van der Waals surface area (Å²) >= 11 is 0. The largest absolute Gasteiger partial charge is 0.435 e. The number of aromatic nitrogens is 5. The number of anilines is 2. The van der Waals surface area contributed by atoms with Gasteiger partial charge in [0, 0.05) is 36.4 Å². The third-order valence-corrected chi connectivity index (χ3v) is 4.30. The molecule has 0 aliphatic carbocycles. The minimum absolute atomic E-state index is 0.00333. The van der Waals surface area contributed by atoms with Gasteiger partial charge in [-0.05, 0) is 25.1 Å². The standard InChI is InChI=1S/C19H16F2N8O/c1-11-6-16(29-19(28-11)26-10-27-29)23-4-5-24-17-12(8-22)9-25-15-3-2-13(7-14(15)17)30-18(20)21/h2-3,6-7,9-10,18,23H,4-5H2,1H3,(H,24,25). The second-order valence-electron chi connectivity index (χ2n) is 6.32. The van der Waals surface area contributed by atoms with Gasteiger partial charge in [-0.2, -0.15) is 28.6 Å². The van der Waals surface area contributed by atoms with Gasteiger partial charge < -0.3 is 15.4 Å². The maximum absolute atomic E-state index is 12.6. The topological polar surface area (TPSA) is 113 Å². The van der Waals surface area contributed by atoms with Gasteiger partial charge in [-0.15, -0.1) is 0 Å². The summed E-state index contributed by atoms with van der Waals surface area (Å²) in [7, 11) is 0. The fraction of sp³-hybridized carbons (Fsp3) is 0.211. The maximum atomic E-state index is 12.6. The van der Waals surface area contributed by atoms with E-state index < -0.39 is 6.61 Å². The maximum Gasteiger partial charge on any atom is 0.387 e. The first kappa shape index (κ1) is 19.3. The number of benzene rings is 1. The van der Waals surface area contributed by atoms with Crippen LogP contribution in [-0.2, 0) is 0 Å². The van der Waals surface area contributed by atoms with Gasteiger partial charge in [-0.1, -0.05) is 0 Å². The van der Waals surface area contributed by atoms with Gasteiger partial charge in [-0.3, -0.25) is 4.98 Å². The molecule has 0 aliphatic rings. The van der Waals surface area contributed by atoms with Crippen molar-refractivity contribution in [3.05, 3.63) is 48.0 Å². The van der Waals surface area contributed by atoms with E-state index in [0.717, 1.165) is 11.5 Å². The van der Waals surface area contributed by atoms with Gasteiger partial charge >= 0.3 is 6.61 Å². The lowest BCUT2D eigenvalue weighted by Crippen LogP contribution is -2.17. The Labute approximate surface area is 169 Å². The first-order valence-corrected chi connectivity index (χ1v) is 8.98. The smallest absolute Gasteiger partial charge is 0.387 e. The third kappa shape index (κ3) is 3.88. The number of hydrogen-bond acceptors (Lipinski definition) is 8. The van der Waals surface area contributed by atoms with Crippen LogP contribution >= 0.6 is 0 Å². The van der Waals surface area contributed by atoms with E-state index in [2.05, 4.69) is 41.5 Å². The summed E-state index contributed by atoms with van der Waals surface area (Å²) in [5.41, 5.74) is 2.15. The number of nitriles is 1. The van der Waals surface area contributed by atoms with E-state index in [9.17, 15) is 14.0 Å². The minimum Gasteiger partial charge on any atom is -0.435 e. The van der Waals surface area contributed by atoms with Crippen LogP contribution in [0, 0.1) is 18.3 Å². The van der Waals surface area contributed by atoms with Crippen LogP contribution in [0.4, 0.5) is 20.3 Å². The molecule has 0 spiro atoms. The highest BCUT2D eigenvalue weighted by Crippen LogP contribution is 2.29. The Morgan fingerprint density at radius 2 is 2.03 bits per heavy atom. The predicted octanol–water partition coefficient (Wildman–Crippen LogP) is 2.98. The van der Waals surface area contributed by atoms with E-state index in [0.29, 0.717) is 41.0 Å². The number of ether oxygens (including phenoxy) is 1. The van der Waals surface area contributed by atoms with Crippen LogP contribution in [0.3, 0.4) is 0 Å². The molecule has 3 heterocycles. The van der Waals surface area contributed by atoms with E-state index in [1.807, 2.05) is 13.0 Å². The lowest BCUT2D eigenvalue weighted by atomic mass is 10.1. The SMILES string of the molecule is Cc1cc(NCCNc2c(C#N)cnc3ccc(OC(F)F)cc23)n2ncnc2n1. The fourth-order valence-electron chi connectivity index (χ4n) is 3.06. The quantitative estimate of drug-likeness (QED) is 0.447. The molecule has 1 aromatic carbocycles. The van der Waals surface area contributed by atoms with Gasteiger partial charge in [0.25, 0.3) is 5.78 Å². The lowest BCUT2D eigenvalue weighted by molar-refractivity contribution is -0.0497. The Morgan fingerprint density at radius 3 is 2.83 bits per heavy atom. The Hall–Kier alpha value is -4.07. The second kappa shape index (κ2) is 8.12. The van der Waals surface area contributed by atoms with Crippen molar-refractivity contribution in [2.24, 2.45) is 0 Å². The van der Waals surface area contributed by atoms with Crippen molar-refractivity contribution in [2.75, 3.05) is 23.7 Å². The summed E-state index contributed by atoms with van der Waals surface area (Å²) in [6, 6.07) is 8.33. The first-order valence-electron chi connectivity index (χ1n) is 8.98. The number of halogens is 2. The summed E-state index contributed by atoms with van der Waals surface area (Å²) in [6.45, 7) is -0.155. The summed E-state index contributed by atoms with van der Waals surface area (Å²) in [5, 5.41) is 20.5. The Kier molecular flexibility index (Phi) is 5.21. The number of hydrogen-bond donors (Lipinski definition) is 2. The number of pyridine rings is 1. The molecule has 152 valence electrons. The van der Waals surface area contributed by atoms with Crippen molar-refractivity contribution < 1.29 is 13.5 Å². The number of nitrogens with one attached hydrogen (secondary N) is 2. The van der Waals surface area contributed by atoms with Crippen molar-refractivity contribution in [2.45, 2.75) is 13.5 Å². The molecule has 9 nitrogen and oxygen atoms in total. The molecule has 0 atom stereocenters. The molecule has 4 aromatic rings. The molecule has 0 radical (unpaired) electrons. The molecular weight excluding hydrogens is 394 g/mol. The van der Waals surface area contributed by atoms with Gasteiger partial charge in [0.05, 0.1) is 16.8 Å². The zero-order chi connectivity index (χ0) is 21.1. The van der Waals surface area contributed by atoms with Crippen molar-refractivity contribution in [1.29, 1.82) is 5.26 Å². The Morgan fingerprint density at radius 1 is 1.20 bits per heavy atom. The monoisotopic (exact) mass is 410 g/mol. The first-order chi connectivity index (χ1) is 14.5. The zero-order valence-electron chi connectivity index (χ0n) is 15.8. The Balaban J connectivity index is 1.54. The molecule has 0 unspecified atom stereocenters. The molecule has 0 saturated carbocycles. The molecule has 3 aromatic heterocycles. The Bertz CT molecular complexity index is 1250. The summed E-state index contributed by atoms with van der Waals surface area (Å²) in [5.74, 6) is 1.21. The molecule has 30 heavy (non-hydrogen) atoms. The van der Waals surface area contributed by atoms with Crippen molar-refractivity contribution in [3.63, 3.8) is 0 Å². The zero-order valence-corrected chi connectivity index (χ0v) is 15.8. The number of fused-ring (bicyclic) bond motifs is 2. The molecule has 11 heteroatoms. The summed E-state index contributed by atoms with van der Waals surface area (Å²) < 4.78 is 31.2. The summed E-state index contributed by atoms with van der Waals surface area (Å²) in [6.07, 6.45) is 2.86. The molecular formula is C19H16F2N8O. The second-order valence-corrected chi connectivity index (χ2v) is 6.32.